The molecule has 0 amide bonds. The van der Waals surface area contributed by atoms with Crippen molar-refractivity contribution in [2.24, 2.45) is 5.92 Å². The molecule has 1 unspecified atom stereocenters. The Hall–Kier alpha value is -0.660. The van der Waals surface area contributed by atoms with Crippen LogP contribution in [0.4, 0.5) is 0 Å². The first-order valence-electron chi connectivity index (χ1n) is 3.17. The molecule has 0 rings (SSSR count). The van der Waals surface area contributed by atoms with E-state index in [-0.39, 0.29) is 13.0 Å². The number of carboxylic acids is 1. The third-order valence-electron chi connectivity index (χ3n) is 1.20. The fourth-order valence-electron chi connectivity index (χ4n) is 0.454. The quantitative estimate of drug-likeness (QED) is 0.599. The molecule has 0 fully saturated rings. The van der Waals surface area contributed by atoms with Crippen LogP contribution in [-0.4, -0.2) is 30.7 Å². The van der Waals surface area contributed by atoms with E-state index in [0.717, 1.165) is 0 Å². The average molecular weight is 198 g/mol. The van der Waals surface area contributed by atoms with Crippen LogP contribution in [0, 0.1) is 5.92 Å². The highest BCUT2D eigenvalue weighted by Gasteiger charge is 2.12. The lowest BCUT2D eigenvalue weighted by atomic mass is 10.1. The molecule has 0 aliphatic carbocycles. The Kier molecular flexibility index (Phi) is 4.15. The number of hydrogen-bond acceptors (Lipinski definition) is 4. The lowest BCUT2D eigenvalue weighted by Crippen LogP contribution is -2.14. The molecule has 0 radical (unpaired) electrons. The molecule has 6 nitrogen and oxygen atoms in total. The molecular formula is C5H10O6S. The van der Waals surface area contributed by atoms with Crippen LogP contribution in [-0.2, 0) is 19.4 Å². The normalized spacial score (nSPS) is 14.2. The van der Waals surface area contributed by atoms with E-state index in [0.29, 0.717) is 0 Å². The van der Waals surface area contributed by atoms with Crippen LogP contribution in [0.25, 0.3) is 0 Å². The van der Waals surface area contributed by atoms with Crippen molar-refractivity contribution in [2.45, 2.75) is 13.3 Å². The van der Waals surface area contributed by atoms with E-state index in [2.05, 4.69) is 4.18 Å². The Morgan fingerprint density at radius 1 is 1.58 bits per heavy atom. The van der Waals surface area contributed by atoms with Crippen LogP contribution in [0.2, 0.25) is 0 Å². The zero-order chi connectivity index (χ0) is 9.78. The summed E-state index contributed by atoms with van der Waals surface area (Å²) in [5, 5.41) is 8.34. The summed E-state index contributed by atoms with van der Waals surface area (Å²) < 4.78 is 31.9. The van der Waals surface area contributed by atoms with Gasteiger partial charge in [-0.15, -0.1) is 0 Å². The van der Waals surface area contributed by atoms with Gasteiger partial charge in [-0.25, -0.2) is 4.18 Å². The monoisotopic (exact) mass is 198 g/mol. The maximum absolute atomic E-state index is 10.2. The first kappa shape index (κ1) is 11.3. The molecule has 0 bridgehead atoms. The van der Waals surface area contributed by atoms with Gasteiger partial charge < -0.3 is 5.11 Å². The van der Waals surface area contributed by atoms with Gasteiger partial charge in [0.1, 0.15) is 0 Å². The van der Waals surface area contributed by atoms with Crippen LogP contribution in [0.3, 0.4) is 0 Å². The van der Waals surface area contributed by atoms with E-state index in [1.54, 1.807) is 0 Å². The van der Waals surface area contributed by atoms with E-state index in [1.807, 2.05) is 0 Å². The zero-order valence-electron chi connectivity index (χ0n) is 6.43. The maximum atomic E-state index is 10.2. The van der Waals surface area contributed by atoms with E-state index in [9.17, 15) is 13.2 Å². The van der Waals surface area contributed by atoms with Crippen LogP contribution in [0.1, 0.15) is 13.3 Å². The predicted molar refractivity (Wildman–Crippen MR) is 38.9 cm³/mol. The number of carbonyl (C=O) groups is 1. The molecule has 72 valence electrons. The molecule has 12 heavy (non-hydrogen) atoms. The second kappa shape index (κ2) is 4.39. The van der Waals surface area contributed by atoms with Crippen molar-refractivity contribution < 1.29 is 27.1 Å². The molecule has 0 heterocycles. The Balaban J connectivity index is 3.65. The molecule has 0 aromatic carbocycles. The van der Waals surface area contributed by atoms with E-state index >= 15 is 0 Å². The largest absolute Gasteiger partial charge is 0.481 e. The topological polar surface area (TPSA) is 101 Å². The number of carboxylic acid groups (broad SMARTS) is 1. The average Bonchev–Trinajstić information content (AvgIpc) is 1.84. The Morgan fingerprint density at radius 3 is 2.42 bits per heavy atom. The van der Waals surface area contributed by atoms with Gasteiger partial charge in [0.15, 0.2) is 0 Å². The van der Waals surface area contributed by atoms with Crippen molar-refractivity contribution in [1.82, 2.24) is 0 Å². The third kappa shape index (κ3) is 6.08. The van der Waals surface area contributed by atoms with Crippen molar-refractivity contribution >= 4 is 16.4 Å². The Labute approximate surface area is 70.1 Å². The second-order valence-electron chi connectivity index (χ2n) is 2.28. The van der Waals surface area contributed by atoms with Crippen LogP contribution in [0.5, 0.6) is 0 Å². The van der Waals surface area contributed by atoms with Gasteiger partial charge in [-0.3, -0.25) is 9.35 Å². The molecule has 0 aromatic heterocycles. The molecule has 0 aromatic rings. The van der Waals surface area contributed by atoms with Crippen LogP contribution < -0.4 is 0 Å². The van der Waals surface area contributed by atoms with Crippen LogP contribution >= 0.6 is 0 Å². The van der Waals surface area contributed by atoms with Crippen molar-refractivity contribution in [3.63, 3.8) is 0 Å². The molecule has 0 spiro atoms. The summed E-state index contributed by atoms with van der Waals surface area (Å²) in [6, 6.07) is 0. The van der Waals surface area contributed by atoms with Gasteiger partial charge in [-0.1, -0.05) is 6.92 Å². The minimum Gasteiger partial charge on any atom is -0.481 e. The van der Waals surface area contributed by atoms with Gasteiger partial charge in [0, 0.05) is 0 Å². The molecule has 1 atom stereocenters. The second-order valence-corrected chi connectivity index (χ2v) is 3.37. The number of hydrogen-bond donors (Lipinski definition) is 2. The van der Waals surface area contributed by atoms with Crippen molar-refractivity contribution in [3.8, 4) is 0 Å². The predicted octanol–water partition coefficient (Wildman–Crippen LogP) is -0.0834. The van der Waals surface area contributed by atoms with Crippen molar-refractivity contribution in [3.05, 3.63) is 0 Å². The van der Waals surface area contributed by atoms with Gasteiger partial charge in [0.25, 0.3) is 0 Å². The minimum absolute atomic E-state index is 0.0368. The summed E-state index contributed by atoms with van der Waals surface area (Å²) in [6.07, 6.45) is 0.0368. The standard InChI is InChI=1S/C5H10O6S/c1-4(5(6)7)2-3-11-12(8,9)10/h4H,2-3H2,1H3,(H,6,7)(H,8,9,10). The van der Waals surface area contributed by atoms with Gasteiger partial charge in [-0.05, 0) is 6.42 Å². The first-order chi connectivity index (χ1) is 5.33. The van der Waals surface area contributed by atoms with Gasteiger partial charge >= 0.3 is 16.4 Å². The molecule has 7 heteroatoms. The first-order valence-corrected chi connectivity index (χ1v) is 4.54. The minimum atomic E-state index is -4.44. The van der Waals surface area contributed by atoms with Crippen molar-refractivity contribution in [1.29, 1.82) is 0 Å². The summed E-state index contributed by atoms with van der Waals surface area (Å²) in [5.41, 5.74) is 0. The molecule has 0 aliphatic rings. The van der Waals surface area contributed by atoms with Gasteiger partial charge in [-0.2, -0.15) is 8.42 Å². The summed E-state index contributed by atoms with van der Waals surface area (Å²) in [7, 11) is -4.44. The number of aliphatic carboxylic acids is 1. The molecular weight excluding hydrogens is 188 g/mol. The van der Waals surface area contributed by atoms with Crippen LogP contribution in [0.15, 0.2) is 0 Å². The molecule has 0 saturated carbocycles. The Bertz CT molecular complexity index is 243. The smallest absolute Gasteiger partial charge is 0.397 e. The van der Waals surface area contributed by atoms with Gasteiger partial charge in [0.05, 0.1) is 12.5 Å². The van der Waals surface area contributed by atoms with Gasteiger partial charge in [0.2, 0.25) is 0 Å². The summed E-state index contributed by atoms with van der Waals surface area (Å²) in [5.74, 6) is -1.72. The highest BCUT2D eigenvalue weighted by Crippen LogP contribution is 2.02. The maximum Gasteiger partial charge on any atom is 0.397 e. The number of rotatable bonds is 5. The SMILES string of the molecule is CC(CCOS(=O)(=O)O)C(=O)O. The lowest BCUT2D eigenvalue weighted by Gasteiger charge is -2.03. The fraction of sp³-hybridized carbons (Fsp3) is 0.800. The summed E-state index contributed by atoms with van der Waals surface area (Å²) in [6.45, 7) is 1.09. The zero-order valence-corrected chi connectivity index (χ0v) is 7.24. The Morgan fingerprint density at radius 2 is 2.08 bits per heavy atom. The van der Waals surface area contributed by atoms with E-state index in [1.165, 1.54) is 6.92 Å². The fourth-order valence-corrected chi connectivity index (χ4v) is 0.761. The summed E-state index contributed by atoms with van der Waals surface area (Å²) in [4.78, 5) is 10.2. The molecule has 2 N–H and O–H groups in total. The highest BCUT2D eigenvalue weighted by molar-refractivity contribution is 7.80. The van der Waals surface area contributed by atoms with E-state index in [4.69, 9.17) is 9.66 Å². The van der Waals surface area contributed by atoms with E-state index < -0.39 is 22.3 Å². The van der Waals surface area contributed by atoms with Crippen molar-refractivity contribution in [2.75, 3.05) is 6.61 Å². The molecule has 0 saturated heterocycles. The lowest BCUT2D eigenvalue weighted by molar-refractivity contribution is -0.141. The highest BCUT2D eigenvalue weighted by atomic mass is 32.3. The third-order valence-corrected chi connectivity index (χ3v) is 1.67. The summed E-state index contributed by atoms with van der Waals surface area (Å²) >= 11 is 0. The molecule has 0 aliphatic heterocycles.